The summed E-state index contributed by atoms with van der Waals surface area (Å²) >= 11 is 0. The molecular weight excluding hydrogens is 432 g/mol. The van der Waals surface area contributed by atoms with E-state index in [0.717, 1.165) is 24.3 Å². The SMILES string of the molecule is CN=C(NCCC(F)(F)F)NCc1ccc(N2CC=CC2)cc1.I. The number of alkyl halides is 3. The van der Waals surface area contributed by atoms with Crippen LogP contribution in [0.4, 0.5) is 18.9 Å². The van der Waals surface area contributed by atoms with E-state index in [1.54, 1.807) is 0 Å². The summed E-state index contributed by atoms with van der Waals surface area (Å²) in [5, 5.41) is 5.66. The maximum atomic E-state index is 12.1. The molecule has 1 aliphatic rings. The topological polar surface area (TPSA) is 39.7 Å². The Morgan fingerprint density at radius 3 is 2.29 bits per heavy atom. The van der Waals surface area contributed by atoms with Crippen molar-refractivity contribution in [3.05, 3.63) is 42.0 Å². The molecule has 1 aliphatic heterocycles. The molecule has 0 radical (unpaired) electrons. The molecule has 0 bridgehead atoms. The molecule has 0 atom stereocenters. The average molecular weight is 454 g/mol. The van der Waals surface area contributed by atoms with Crippen molar-refractivity contribution in [3.8, 4) is 0 Å². The van der Waals surface area contributed by atoms with Gasteiger partial charge in [0, 0.05) is 38.9 Å². The van der Waals surface area contributed by atoms with E-state index in [2.05, 4.69) is 32.7 Å². The van der Waals surface area contributed by atoms with Crippen molar-refractivity contribution in [2.24, 2.45) is 4.99 Å². The van der Waals surface area contributed by atoms with Gasteiger partial charge in [0.25, 0.3) is 0 Å². The summed E-state index contributed by atoms with van der Waals surface area (Å²) < 4.78 is 36.4. The lowest BCUT2D eigenvalue weighted by atomic mass is 10.2. The summed E-state index contributed by atoms with van der Waals surface area (Å²) in [6.07, 6.45) is -0.781. The van der Waals surface area contributed by atoms with Crippen LogP contribution in [-0.4, -0.2) is 38.8 Å². The molecule has 0 saturated heterocycles. The monoisotopic (exact) mass is 454 g/mol. The second kappa shape index (κ2) is 9.75. The van der Waals surface area contributed by atoms with E-state index in [-0.39, 0.29) is 30.5 Å². The number of benzene rings is 1. The third-order valence-electron chi connectivity index (χ3n) is 3.50. The van der Waals surface area contributed by atoms with Crippen LogP contribution in [0.1, 0.15) is 12.0 Å². The molecule has 1 heterocycles. The van der Waals surface area contributed by atoms with Crippen molar-refractivity contribution < 1.29 is 13.2 Å². The first-order chi connectivity index (χ1) is 11.0. The average Bonchev–Trinajstić information content (AvgIpc) is 3.04. The van der Waals surface area contributed by atoms with Gasteiger partial charge in [-0.15, -0.1) is 24.0 Å². The number of hydrogen-bond acceptors (Lipinski definition) is 2. The first-order valence-corrected chi connectivity index (χ1v) is 7.48. The van der Waals surface area contributed by atoms with Gasteiger partial charge in [-0.05, 0) is 17.7 Å². The Balaban J connectivity index is 0.00000288. The largest absolute Gasteiger partial charge is 0.390 e. The van der Waals surface area contributed by atoms with Crippen LogP contribution in [0.3, 0.4) is 0 Å². The first-order valence-electron chi connectivity index (χ1n) is 7.48. The van der Waals surface area contributed by atoms with Crippen molar-refractivity contribution in [3.63, 3.8) is 0 Å². The van der Waals surface area contributed by atoms with Crippen LogP contribution in [0.5, 0.6) is 0 Å². The third-order valence-corrected chi connectivity index (χ3v) is 3.50. The van der Waals surface area contributed by atoms with E-state index < -0.39 is 12.6 Å². The highest BCUT2D eigenvalue weighted by atomic mass is 127. The van der Waals surface area contributed by atoms with Crippen LogP contribution in [0.25, 0.3) is 0 Å². The molecule has 24 heavy (non-hydrogen) atoms. The zero-order valence-corrected chi connectivity index (χ0v) is 15.8. The molecule has 2 N–H and O–H groups in total. The molecule has 0 amide bonds. The highest BCUT2D eigenvalue weighted by Gasteiger charge is 2.26. The molecule has 0 unspecified atom stereocenters. The summed E-state index contributed by atoms with van der Waals surface area (Å²) in [5.74, 6) is 0.363. The lowest BCUT2D eigenvalue weighted by Crippen LogP contribution is -2.38. The van der Waals surface area contributed by atoms with E-state index in [0.29, 0.717) is 12.5 Å². The van der Waals surface area contributed by atoms with Gasteiger partial charge >= 0.3 is 6.18 Å². The smallest absolute Gasteiger partial charge is 0.364 e. The molecule has 1 aromatic rings. The number of halogens is 4. The normalized spacial score (nSPS) is 14.5. The van der Waals surface area contributed by atoms with Gasteiger partial charge in [0.1, 0.15) is 0 Å². The van der Waals surface area contributed by atoms with Gasteiger partial charge in [0.15, 0.2) is 5.96 Å². The van der Waals surface area contributed by atoms with Crippen molar-refractivity contribution in [2.45, 2.75) is 19.1 Å². The van der Waals surface area contributed by atoms with Gasteiger partial charge in [0.2, 0.25) is 0 Å². The predicted octanol–water partition coefficient (Wildman–Crippen LogP) is 3.30. The molecule has 134 valence electrons. The second-order valence-electron chi connectivity index (χ2n) is 5.26. The highest BCUT2D eigenvalue weighted by Crippen LogP contribution is 2.18. The van der Waals surface area contributed by atoms with Gasteiger partial charge in [-0.2, -0.15) is 13.2 Å². The number of hydrogen-bond donors (Lipinski definition) is 2. The Hall–Kier alpha value is -1.45. The summed E-state index contributed by atoms with van der Waals surface area (Å²) in [5.41, 5.74) is 2.20. The Morgan fingerprint density at radius 2 is 1.75 bits per heavy atom. The van der Waals surface area contributed by atoms with Crippen LogP contribution >= 0.6 is 24.0 Å². The summed E-state index contributed by atoms with van der Waals surface area (Å²) in [6, 6.07) is 8.10. The molecule has 2 rings (SSSR count). The Morgan fingerprint density at radius 1 is 1.12 bits per heavy atom. The standard InChI is InChI=1S/C16H21F3N4.HI/c1-20-15(21-9-8-16(17,18)19)22-12-13-4-6-14(7-5-13)23-10-2-3-11-23;/h2-7H,8-12H2,1H3,(H2,20,21,22);1H. The Labute approximate surface area is 157 Å². The van der Waals surface area contributed by atoms with Crippen molar-refractivity contribution in [2.75, 3.05) is 31.6 Å². The fraction of sp³-hybridized carbons (Fsp3) is 0.438. The predicted molar refractivity (Wildman–Crippen MR) is 102 cm³/mol. The van der Waals surface area contributed by atoms with Gasteiger partial charge < -0.3 is 15.5 Å². The number of nitrogens with zero attached hydrogens (tertiary/aromatic N) is 2. The van der Waals surface area contributed by atoms with Crippen molar-refractivity contribution in [1.29, 1.82) is 0 Å². The Bertz CT molecular complexity index is 547. The molecule has 0 aliphatic carbocycles. The maximum absolute atomic E-state index is 12.1. The van der Waals surface area contributed by atoms with E-state index in [9.17, 15) is 13.2 Å². The van der Waals surface area contributed by atoms with Gasteiger partial charge in [-0.25, -0.2) is 0 Å². The minimum absolute atomic E-state index is 0. The van der Waals surface area contributed by atoms with Gasteiger partial charge in [0.05, 0.1) is 6.42 Å². The van der Waals surface area contributed by atoms with Crippen molar-refractivity contribution >= 4 is 35.6 Å². The molecule has 0 saturated carbocycles. The molecular formula is C16H22F3IN4. The second-order valence-corrected chi connectivity index (χ2v) is 5.26. The summed E-state index contributed by atoms with van der Waals surface area (Å²) in [4.78, 5) is 6.16. The van der Waals surface area contributed by atoms with Crippen LogP contribution in [0, 0.1) is 0 Å². The van der Waals surface area contributed by atoms with Crippen LogP contribution in [0.15, 0.2) is 41.4 Å². The van der Waals surface area contributed by atoms with Crippen LogP contribution in [0.2, 0.25) is 0 Å². The lowest BCUT2D eigenvalue weighted by molar-refractivity contribution is -0.132. The van der Waals surface area contributed by atoms with E-state index in [1.165, 1.54) is 7.05 Å². The Kier molecular flexibility index (Phi) is 8.37. The number of rotatable bonds is 5. The van der Waals surface area contributed by atoms with E-state index >= 15 is 0 Å². The number of aliphatic imine (C=N–C) groups is 1. The summed E-state index contributed by atoms with van der Waals surface area (Å²) in [7, 11) is 1.53. The number of guanidine groups is 1. The third kappa shape index (κ3) is 6.98. The van der Waals surface area contributed by atoms with E-state index in [1.807, 2.05) is 24.3 Å². The molecule has 4 nitrogen and oxygen atoms in total. The number of nitrogens with one attached hydrogen (secondary N) is 2. The van der Waals surface area contributed by atoms with Crippen LogP contribution < -0.4 is 15.5 Å². The number of anilines is 1. The fourth-order valence-electron chi connectivity index (χ4n) is 2.24. The van der Waals surface area contributed by atoms with Crippen LogP contribution in [-0.2, 0) is 6.54 Å². The minimum atomic E-state index is -4.16. The molecule has 8 heteroatoms. The van der Waals surface area contributed by atoms with Gasteiger partial charge in [-0.1, -0.05) is 24.3 Å². The molecule has 0 fully saturated rings. The highest BCUT2D eigenvalue weighted by molar-refractivity contribution is 14.0. The minimum Gasteiger partial charge on any atom is -0.364 e. The maximum Gasteiger partial charge on any atom is 0.390 e. The first kappa shape index (κ1) is 20.6. The lowest BCUT2D eigenvalue weighted by Gasteiger charge is -2.18. The zero-order chi connectivity index (χ0) is 16.7. The van der Waals surface area contributed by atoms with Gasteiger partial charge in [-0.3, -0.25) is 4.99 Å². The quantitative estimate of drug-likeness (QED) is 0.311. The fourth-order valence-corrected chi connectivity index (χ4v) is 2.24. The zero-order valence-electron chi connectivity index (χ0n) is 13.4. The van der Waals surface area contributed by atoms with Crippen molar-refractivity contribution in [1.82, 2.24) is 10.6 Å². The molecule has 0 spiro atoms. The molecule has 1 aromatic carbocycles. The summed E-state index contributed by atoms with van der Waals surface area (Å²) in [6.45, 7) is 2.16. The molecule has 0 aromatic heterocycles. The van der Waals surface area contributed by atoms with E-state index in [4.69, 9.17) is 0 Å².